The van der Waals surface area contributed by atoms with Gasteiger partial charge < -0.3 is 30.7 Å². The molecule has 10 heteroatoms. The molecule has 0 bridgehead atoms. The minimum absolute atomic E-state index is 0.157. The molecule has 10 nitrogen and oxygen atoms in total. The number of aliphatic imine (C=N–C) groups is 2. The second-order valence-corrected chi connectivity index (χ2v) is 11.1. The van der Waals surface area contributed by atoms with E-state index >= 15 is 0 Å². The van der Waals surface area contributed by atoms with Crippen molar-refractivity contribution >= 4 is 36.5 Å². The van der Waals surface area contributed by atoms with Crippen LogP contribution in [0.5, 0.6) is 0 Å². The summed E-state index contributed by atoms with van der Waals surface area (Å²) in [5.41, 5.74) is 2.84. The summed E-state index contributed by atoms with van der Waals surface area (Å²) in [6, 6.07) is 8.48. The minimum Gasteiger partial charge on any atom is -0.374 e. The third kappa shape index (κ3) is 9.68. The van der Waals surface area contributed by atoms with Gasteiger partial charge in [0.05, 0.1) is 11.3 Å². The molecule has 3 N–H and O–H groups in total. The van der Waals surface area contributed by atoms with Crippen LogP contribution in [0.25, 0.3) is 0 Å². The molecule has 0 aromatic heterocycles. The summed E-state index contributed by atoms with van der Waals surface area (Å²) in [6.45, 7) is 14.3. The zero-order valence-corrected chi connectivity index (χ0v) is 24.5. The first-order valence-corrected chi connectivity index (χ1v) is 13.7. The number of hydrogen-bond donors (Lipinski definition) is 3. The molecule has 0 atom stereocenters. The quantitative estimate of drug-likeness (QED) is 0.151. The third-order valence-corrected chi connectivity index (χ3v) is 6.91. The van der Waals surface area contributed by atoms with Crippen LogP contribution in [0, 0.1) is 0 Å². The van der Waals surface area contributed by atoms with Crippen molar-refractivity contribution in [2.45, 2.75) is 45.2 Å². The molecule has 1 heterocycles. The molecule has 3 rings (SSSR count). The maximum atomic E-state index is 13.1. The van der Waals surface area contributed by atoms with E-state index in [1.165, 1.54) is 18.0 Å². The van der Waals surface area contributed by atoms with Crippen molar-refractivity contribution < 1.29 is 9.59 Å². The number of carbonyl (C=O) groups excluding carboxylic acids is 2. The zero-order chi connectivity index (χ0) is 29.1. The van der Waals surface area contributed by atoms with Crippen LogP contribution in [0.15, 0.2) is 69.7 Å². The van der Waals surface area contributed by atoms with Crippen LogP contribution in [-0.2, 0) is 9.59 Å². The van der Waals surface area contributed by atoms with Gasteiger partial charge in [-0.05, 0) is 83.8 Å². The minimum atomic E-state index is -0.277. The molecule has 1 aromatic carbocycles. The average Bonchev–Trinajstić information content (AvgIpc) is 3.74. The summed E-state index contributed by atoms with van der Waals surface area (Å²) >= 11 is 0. The summed E-state index contributed by atoms with van der Waals surface area (Å²) < 4.78 is 0. The van der Waals surface area contributed by atoms with Gasteiger partial charge in [0, 0.05) is 68.6 Å². The Morgan fingerprint density at radius 3 is 2.40 bits per heavy atom. The Labute approximate surface area is 238 Å². The highest BCUT2D eigenvalue weighted by atomic mass is 16.1. The zero-order valence-electron chi connectivity index (χ0n) is 24.5. The Balaban J connectivity index is 1.74. The number of allylic oxidation sites excluding steroid dienone is 2. The van der Waals surface area contributed by atoms with Crippen LogP contribution in [-0.4, -0.2) is 93.4 Å². The van der Waals surface area contributed by atoms with Gasteiger partial charge in [0.2, 0.25) is 0 Å². The number of carbonyl (C=O) groups is 2. The predicted molar refractivity (Wildman–Crippen MR) is 165 cm³/mol. The molecule has 1 saturated carbocycles. The van der Waals surface area contributed by atoms with E-state index in [9.17, 15) is 9.59 Å². The molecule has 1 amide bonds. The molecular weight excluding hydrogens is 504 g/mol. The number of nitrogens with one attached hydrogen (secondary N) is 3. The Hall–Kier alpha value is -3.92. The number of nitrogens with zero attached hydrogens (tertiary/aromatic N) is 5. The highest BCUT2D eigenvalue weighted by molar-refractivity contribution is 6.13. The van der Waals surface area contributed by atoms with E-state index < -0.39 is 0 Å². The Morgan fingerprint density at radius 1 is 1.15 bits per heavy atom. The number of piperazine rings is 1. The van der Waals surface area contributed by atoms with E-state index in [2.05, 4.69) is 82.4 Å². The number of amides is 1. The van der Waals surface area contributed by atoms with Crippen molar-refractivity contribution in [1.82, 2.24) is 20.4 Å². The lowest BCUT2D eigenvalue weighted by molar-refractivity contribution is -0.117. The predicted octanol–water partition coefficient (Wildman–Crippen LogP) is 2.99. The number of rotatable bonds is 13. The molecule has 1 saturated heterocycles. The lowest BCUT2D eigenvalue weighted by Gasteiger charge is -2.34. The van der Waals surface area contributed by atoms with Crippen molar-refractivity contribution in [3.8, 4) is 0 Å². The van der Waals surface area contributed by atoms with Gasteiger partial charge in [0.25, 0.3) is 5.91 Å². The van der Waals surface area contributed by atoms with Gasteiger partial charge in [-0.15, -0.1) is 0 Å². The van der Waals surface area contributed by atoms with Gasteiger partial charge in [0.1, 0.15) is 18.8 Å². The second-order valence-electron chi connectivity index (χ2n) is 11.1. The van der Waals surface area contributed by atoms with Crippen LogP contribution in [0.2, 0.25) is 0 Å². The highest BCUT2D eigenvalue weighted by Gasteiger charge is 2.26. The number of likely N-dealkylation sites (N-methyl/N-ethyl adjacent to an activating group) is 1. The summed E-state index contributed by atoms with van der Waals surface area (Å²) in [6.07, 6.45) is 8.98. The van der Waals surface area contributed by atoms with E-state index in [-0.39, 0.29) is 35.6 Å². The van der Waals surface area contributed by atoms with Gasteiger partial charge in [-0.1, -0.05) is 0 Å². The van der Waals surface area contributed by atoms with Gasteiger partial charge in [-0.3, -0.25) is 14.6 Å². The highest BCUT2D eigenvalue weighted by Crippen LogP contribution is 2.21. The molecule has 216 valence electrons. The molecule has 1 aliphatic carbocycles. The van der Waals surface area contributed by atoms with E-state index in [4.69, 9.17) is 0 Å². The van der Waals surface area contributed by atoms with Crippen LogP contribution < -0.4 is 20.9 Å². The lowest BCUT2D eigenvalue weighted by Crippen LogP contribution is -2.44. The topological polar surface area (TPSA) is 105 Å². The lowest BCUT2D eigenvalue weighted by atomic mass is 10.1. The molecular formula is C30H44N8O2. The molecule has 40 heavy (non-hydrogen) atoms. The largest absolute Gasteiger partial charge is 0.374 e. The number of aldehydes is 1. The fourth-order valence-corrected chi connectivity index (χ4v) is 3.84. The van der Waals surface area contributed by atoms with Crippen LogP contribution in [0.4, 0.5) is 11.4 Å². The number of hydrogen-bond acceptors (Lipinski definition) is 9. The first-order chi connectivity index (χ1) is 19.1. The Kier molecular flexibility index (Phi) is 11.1. The average molecular weight is 549 g/mol. The van der Waals surface area contributed by atoms with E-state index in [0.717, 1.165) is 44.7 Å². The van der Waals surface area contributed by atoms with Crippen LogP contribution in [0.1, 0.15) is 33.6 Å². The van der Waals surface area contributed by atoms with E-state index in [0.29, 0.717) is 12.0 Å². The third-order valence-electron chi connectivity index (χ3n) is 6.91. The summed E-state index contributed by atoms with van der Waals surface area (Å²) in [5.74, 6) is -0.0249. The molecule has 0 radical (unpaired) electrons. The van der Waals surface area contributed by atoms with Crippen molar-refractivity contribution in [2.75, 3.05) is 57.2 Å². The summed E-state index contributed by atoms with van der Waals surface area (Å²) in [4.78, 5) is 39.5. The van der Waals surface area contributed by atoms with Crippen molar-refractivity contribution in [3.05, 3.63) is 59.7 Å². The smallest absolute Gasteiger partial charge is 0.256 e. The maximum Gasteiger partial charge on any atom is 0.256 e. The SMILES string of the molecule is C=N/C(NC(/C=C\C=O)=C/N(C)C(C)(C)C)=C(\C=N/CNc1ccc(N2CCN(C)CC2)cc1)C(=O)NC1CC1. The second kappa shape index (κ2) is 14.5. The van der Waals surface area contributed by atoms with Crippen molar-refractivity contribution in [1.29, 1.82) is 0 Å². The molecule has 1 aromatic rings. The standard InChI is InChI=1S/C30H44N8O2/c1-30(2,3)37(6)21-25(8-7-19-39)34-28(31-4)27(29(40)35-24-9-10-24)20-32-22-33-23-11-13-26(14-12-23)38-17-15-36(5)16-18-38/h7-8,11-14,19-21,24,33-34H,4,9-10,15-18,22H2,1-3,5-6H3,(H,35,40)/b8-7-,25-21+,28-27-,32-20-. The van der Waals surface area contributed by atoms with Crippen LogP contribution >= 0.6 is 0 Å². The van der Waals surface area contributed by atoms with E-state index in [1.54, 1.807) is 6.08 Å². The first-order valence-electron chi connectivity index (χ1n) is 13.7. The molecule has 0 unspecified atom stereocenters. The maximum absolute atomic E-state index is 13.1. The van der Waals surface area contributed by atoms with E-state index in [1.807, 2.05) is 30.3 Å². The van der Waals surface area contributed by atoms with Crippen molar-refractivity contribution in [2.24, 2.45) is 9.98 Å². The molecule has 1 aliphatic heterocycles. The van der Waals surface area contributed by atoms with Gasteiger partial charge in [0.15, 0.2) is 0 Å². The summed E-state index contributed by atoms with van der Waals surface area (Å²) in [5, 5.41) is 9.44. The monoisotopic (exact) mass is 548 g/mol. The molecule has 0 spiro atoms. The van der Waals surface area contributed by atoms with Gasteiger partial charge in [-0.2, -0.15) is 0 Å². The Morgan fingerprint density at radius 2 is 1.82 bits per heavy atom. The number of anilines is 2. The fourth-order valence-electron chi connectivity index (χ4n) is 3.84. The summed E-state index contributed by atoms with van der Waals surface area (Å²) in [7, 11) is 4.09. The van der Waals surface area contributed by atoms with Crippen molar-refractivity contribution in [3.63, 3.8) is 0 Å². The number of benzene rings is 1. The van der Waals surface area contributed by atoms with Gasteiger partial charge in [-0.25, -0.2) is 4.99 Å². The normalized spacial score (nSPS) is 17.5. The van der Waals surface area contributed by atoms with Gasteiger partial charge >= 0.3 is 0 Å². The first kappa shape index (κ1) is 30.6. The molecule has 2 fully saturated rings. The Bertz CT molecular complexity index is 1140. The fraction of sp³-hybridized carbons (Fsp3) is 0.467. The van der Waals surface area contributed by atoms with Crippen LogP contribution in [0.3, 0.4) is 0 Å². The molecule has 2 aliphatic rings.